The Morgan fingerprint density at radius 3 is 2.54 bits per heavy atom. The average molecular weight is 584 g/mol. The number of carbonyl (C=O) groups excluding carboxylic acids is 1. The van der Waals surface area contributed by atoms with Gasteiger partial charge in [-0.15, -0.1) is 0 Å². The Morgan fingerprint density at radius 2 is 1.92 bits per heavy atom. The standard InChI is InChI=1S/C29H31BrN2O4S/c1-6-8-22-25(28(34)36-7-2)26(21-16-20(30)13-14-23(21)35-5)32-27(33)24(37-29(32)31-22)15-18-9-11-19(12-10-18)17(3)4/h9-17,26H,6-8H2,1-5H3/b24-15+/t26-/m0/s1. The lowest BCUT2D eigenvalue weighted by Crippen LogP contribution is -2.40. The maximum atomic E-state index is 13.9. The molecule has 0 aliphatic carbocycles. The number of esters is 1. The molecule has 0 spiro atoms. The van der Waals surface area contributed by atoms with Crippen LogP contribution < -0.4 is 19.6 Å². The second kappa shape index (κ2) is 11.6. The van der Waals surface area contributed by atoms with Crippen molar-refractivity contribution >= 4 is 39.3 Å². The van der Waals surface area contributed by atoms with Gasteiger partial charge in [-0.3, -0.25) is 9.36 Å². The predicted molar refractivity (Wildman–Crippen MR) is 151 cm³/mol. The second-order valence-corrected chi connectivity index (χ2v) is 11.0. The van der Waals surface area contributed by atoms with Crippen LogP contribution in [0.5, 0.6) is 5.75 Å². The average Bonchev–Trinajstić information content (AvgIpc) is 3.18. The fraction of sp³-hybridized carbons (Fsp3) is 0.345. The van der Waals surface area contributed by atoms with E-state index < -0.39 is 12.0 Å². The van der Waals surface area contributed by atoms with Crippen LogP contribution in [0.3, 0.4) is 0 Å². The molecule has 6 nitrogen and oxygen atoms in total. The van der Waals surface area contributed by atoms with E-state index in [1.807, 2.05) is 43.3 Å². The molecule has 4 rings (SSSR count). The predicted octanol–water partition coefficient (Wildman–Crippen LogP) is 5.47. The first-order valence-corrected chi connectivity index (χ1v) is 14.0. The summed E-state index contributed by atoms with van der Waals surface area (Å²) in [6, 6.07) is 13.1. The van der Waals surface area contributed by atoms with E-state index in [0.29, 0.717) is 44.3 Å². The molecular weight excluding hydrogens is 552 g/mol. The van der Waals surface area contributed by atoms with E-state index in [0.717, 1.165) is 16.5 Å². The Morgan fingerprint density at radius 1 is 1.19 bits per heavy atom. The van der Waals surface area contributed by atoms with E-state index in [4.69, 9.17) is 14.5 Å². The number of allylic oxidation sites excluding steroid dienone is 1. The van der Waals surface area contributed by atoms with Gasteiger partial charge in [0.2, 0.25) is 0 Å². The summed E-state index contributed by atoms with van der Waals surface area (Å²) in [5.74, 6) is 0.532. The highest BCUT2D eigenvalue weighted by Gasteiger charge is 2.36. The lowest BCUT2D eigenvalue weighted by molar-refractivity contribution is -0.139. The topological polar surface area (TPSA) is 69.9 Å². The number of hydrogen-bond acceptors (Lipinski definition) is 6. The molecule has 1 aliphatic rings. The van der Waals surface area contributed by atoms with Crippen LogP contribution in [0.1, 0.15) is 69.2 Å². The van der Waals surface area contributed by atoms with Gasteiger partial charge in [-0.05, 0) is 54.7 Å². The third-order valence-corrected chi connectivity index (χ3v) is 7.76. The summed E-state index contributed by atoms with van der Waals surface area (Å²) < 4.78 is 14.1. The zero-order chi connectivity index (χ0) is 26.7. The zero-order valence-corrected chi connectivity index (χ0v) is 24.1. The maximum absolute atomic E-state index is 13.9. The van der Waals surface area contributed by atoms with Gasteiger partial charge in [-0.1, -0.05) is 78.7 Å². The van der Waals surface area contributed by atoms with Crippen LogP contribution in [0, 0.1) is 0 Å². The van der Waals surface area contributed by atoms with Crippen molar-refractivity contribution in [2.75, 3.05) is 13.7 Å². The number of rotatable bonds is 8. The third-order valence-electron chi connectivity index (χ3n) is 6.28. The molecule has 0 radical (unpaired) electrons. The molecule has 8 heteroatoms. The molecule has 1 aromatic heterocycles. The molecule has 0 unspecified atom stereocenters. The summed E-state index contributed by atoms with van der Waals surface area (Å²) in [7, 11) is 1.58. The summed E-state index contributed by atoms with van der Waals surface area (Å²) in [6.45, 7) is 8.33. The van der Waals surface area contributed by atoms with Crippen LogP contribution in [-0.4, -0.2) is 24.3 Å². The Bertz CT molecular complexity index is 1520. The van der Waals surface area contributed by atoms with Crippen LogP contribution in [0.4, 0.5) is 0 Å². The summed E-state index contributed by atoms with van der Waals surface area (Å²) in [6.07, 6.45) is 3.26. The van der Waals surface area contributed by atoms with Crippen molar-refractivity contribution in [2.24, 2.45) is 4.99 Å². The molecule has 194 valence electrons. The quantitative estimate of drug-likeness (QED) is 0.330. The van der Waals surface area contributed by atoms with Crippen molar-refractivity contribution in [3.63, 3.8) is 0 Å². The smallest absolute Gasteiger partial charge is 0.338 e. The fourth-order valence-electron chi connectivity index (χ4n) is 4.46. The van der Waals surface area contributed by atoms with E-state index >= 15 is 0 Å². The van der Waals surface area contributed by atoms with Gasteiger partial charge < -0.3 is 9.47 Å². The monoisotopic (exact) mass is 582 g/mol. The Balaban J connectivity index is 2.00. The number of halogens is 1. The van der Waals surface area contributed by atoms with Gasteiger partial charge in [0.25, 0.3) is 5.56 Å². The van der Waals surface area contributed by atoms with Crippen molar-refractivity contribution in [3.8, 4) is 5.75 Å². The van der Waals surface area contributed by atoms with Crippen molar-refractivity contribution in [2.45, 2.75) is 52.5 Å². The van der Waals surface area contributed by atoms with Gasteiger partial charge in [0, 0.05) is 10.0 Å². The van der Waals surface area contributed by atoms with Crippen molar-refractivity contribution in [3.05, 3.63) is 94.6 Å². The van der Waals surface area contributed by atoms with Gasteiger partial charge in [0.1, 0.15) is 11.8 Å². The van der Waals surface area contributed by atoms with Crippen LogP contribution in [0.15, 0.2) is 68.0 Å². The normalized spacial score (nSPS) is 15.5. The van der Waals surface area contributed by atoms with Crippen molar-refractivity contribution in [1.82, 2.24) is 4.57 Å². The first-order valence-electron chi connectivity index (χ1n) is 12.4. The number of fused-ring (bicyclic) bond motifs is 1. The van der Waals surface area contributed by atoms with E-state index in [2.05, 4.69) is 41.9 Å². The number of nitrogens with zero attached hydrogens (tertiary/aromatic N) is 2. The van der Waals surface area contributed by atoms with Crippen molar-refractivity contribution < 1.29 is 14.3 Å². The van der Waals surface area contributed by atoms with E-state index in [-0.39, 0.29) is 12.2 Å². The molecule has 1 atom stereocenters. The van der Waals surface area contributed by atoms with Crippen LogP contribution >= 0.6 is 27.3 Å². The number of carbonyl (C=O) groups is 1. The highest BCUT2D eigenvalue weighted by atomic mass is 79.9. The lowest BCUT2D eigenvalue weighted by Gasteiger charge is -2.27. The number of benzene rings is 2. The molecular formula is C29H31BrN2O4S. The molecule has 1 aliphatic heterocycles. The van der Waals surface area contributed by atoms with Crippen LogP contribution in [-0.2, 0) is 9.53 Å². The van der Waals surface area contributed by atoms with Crippen LogP contribution in [0.25, 0.3) is 6.08 Å². The highest BCUT2D eigenvalue weighted by Crippen LogP contribution is 2.38. The number of hydrogen-bond donors (Lipinski definition) is 0. The number of thiazole rings is 1. The number of aromatic nitrogens is 1. The maximum Gasteiger partial charge on any atom is 0.338 e. The Kier molecular flexibility index (Phi) is 8.49. The van der Waals surface area contributed by atoms with Gasteiger partial charge in [-0.2, -0.15) is 0 Å². The molecule has 0 saturated heterocycles. The summed E-state index contributed by atoms with van der Waals surface area (Å²) in [5.41, 5.74) is 3.68. The zero-order valence-electron chi connectivity index (χ0n) is 21.7. The van der Waals surface area contributed by atoms with Gasteiger partial charge >= 0.3 is 5.97 Å². The first kappa shape index (κ1) is 27.1. The molecule has 0 amide bonds. The third kappa shape index (κ3) is 5.50. The van der Waals surface area contributed by atoms with Crippen LogP contribution in [0.2, 0.25) is 0 Å². The van der Waals surface area contributed by atoms with Crippen molar-refractivity contribution in [1.29, 1.82) is 0 Å². The number of methoxy groups -OCH3 is 1. The number of ether oxygens (including phenoxy) is 2. The first-order chi connectivity index (χ1) is 17.8. The van der Waals surface area contributed by atoms with Gasteiger partial charge in [-0.25, -0.2) is 9.79 Å². The van der Waals surface area contributed by atoms with Gasteiger partial charge in [0.05, 0.1) is 29.5 Å². The molecule has 0 bridgehead atoms. The summed E-state index contributed by atoms with van der Waals surface area (Å²) in [5, 5.41) is 0. The van der Waals surface area contributed by atoms with E-state index in [1.54, 1.807) is 18.6 Å². The minimum Gasteiger partial charge on any atom is -0.496 e. The van der Waals surface area contributed by atoms with E-state index in [9.17, 15) is 9.59 Å². The fourth-order valence-corrected chi connectivity index (χ4v) is 5.86. The minimum atomic E-state index is -0.727. The molecule has 0 N–H and O–H groups in total. The SMILES string of the molecule is CCCC1=C(C(=O)OCC)[C@H](c2cc(Br)ccc2OC)n2c(s/c(=C/c3ccc(C(C)C)cc3)c2=O)=N1. The highest BCUT2D eigenvalue weighted by molar-refractivity contribution is 9.10. The van der Waals surface area contributed by atoms with Gasteiger partial charge in [0.15, 0.2) is 4.80 Å². The molecule has 2 aromatic carbocycles. The molecule has 3 aromatic rings. The lowest BCUT2D eigenvalue weighted by atomic mass is 9.93. The Hall–Kier alpha value is -2.97. The minimum absolute atomic E-state index is 0.207. The summed E-state index contributed by atoms with van der Waals surface area (Å²) in [4.78, 5) is 32.6. The molecule has 2 heterocycles. The Labute approximate surface area is 229 Å². The molecule has 0 fully saturated rings. The van der Waals surface area contributed by atoms with E-state index in [1.165, 1.54) is 16.9 Å². The summed E-state index contributed by atoms with van der Waals surface area (Å²) >= 11 is 4.88. The molecule has 37 heavy (non-hydrogen) atoms. The molecule has 0 saturated carbocycles. The largest absolute Gasteiger partial charge is 0.496 e. The second-order valence-electron chi connectivity index (χ2n) is 9.12.